The quantitative estimate of drug-likeness (QED) is 0.720. The maximum atomic E-state index is 11.9. The molecule has 4 fully saturated rings. The SMILES string of the molecule is CCOC(=O)N1CCC2(CC(N3CCC(C4CCCN4C=O)CC3)C2)C1. The number of carbonyl (C=O) groups is 2. The number of amides is 2. The summed E-state index contributed by atoms with van der Waals surface area (Å²) in [4.78, 5) is 29.8. The van der Waals surface area contributed by atoms with Gasteiger partial charge in [-0.25, -0.2) is 4.79 Å². The molecule has 3 saturated heterocycles. The second-order valence-corrected chi connectivity index (χ2v) is 8.86. The third kappa shape index (κ3) is 3.32. The van der Waals surface area contributed by atoms with Crippen LogP contribution in [0.2, 0.25) is 0 Å². The second-order valence-electron chi connectivity index (χ2n) is 8.86. The van der Waals surface area contributed by atoms with Crippen molar-refractivity contribution in [2.24, 2.45) is 11.3 Å². The normalized spacial score (nSPS) is 35.7. The summed E-state index contributed by atoms with van der Waals surface area (Å²) in [5, 5.41) is 0. The van der Waals surface area contributed by atoms with E-state index in [2.05, 4.69) is 4.90 Å². The van der Waals surface area contributed by atoms with Gasteiger partial charge in [0.15, 0.2) is 0 Å². The Bertz CT molecular complexity index is 526. The maximum absolute atomic E-state index is 11.9. The van der Waals surface area contributed by atoms with Crippen LogP contribution in [0.1, 0.15) is 51.9 Å². The molecule has 4 rings (SSSR count). The van der Waals surface area contributed by atoms with E-state index in [9.17, 15) is 9.59 Å². The van der Waals surface area contributed by atoms with Crippen LogP contribution in [0, 0.1) is 11.3 Å². The van der Waals surface area contributed by atoms with Gasteiger partial charge in [-0.15, -0.1) is 0 Å². The fourth-order valence-corrected chi connectivity index (χ4v) is 5.96. The number of carbonyl (C=O) groups excluding carboxylic acids is 2. The molecule has 146 valence electrons. The minimum atomic E-state index is -0.134. The molecule has 0 radical (unpaired) electrons. The summed E-state index contributed by atoms with van der Waals surface area (Å²) in [6.07, 6.45) is 9.36. The number of hydrogen-bond donors (Lipinski definition) is 0. The summed E-state index contributed by atoms with van der Waals surface area (Å²) in [5.74, 6) is 0.693. The Hall–Kier alpha value is -1.30. The minimum absolute atomic E-state index is 0.134. The number of nitrogens with zero attached hydrogens (tertiary/aromatic N) is 3. The molecule has 0 bridgehead atoms. The molecule has 1 saturated carbocycles. The summed E-state index contributed by atoms with van der Waals surface area (Å²) in [7, 11) is 0. The van der Waals surface area contributed by atoms with Crippen LogP contribution in [0.25, 0.3) is 0 Å². The van der Waals surface area contributed by atoms with Gasteiger partial charge in [0.1, 0.15) is 0 Å². The van der Waals surface area contributed by atoms with Crippen molar-refractivity contribution >= 4 is 12.5 Å². The molecule has 1 atom stereocenters. The molecule has 1 aliphatic carbocycles. The summed E-state index contributed by atoms with van der Waals surface area (Å²) in [5.41, 5.74) is 0.355. The molecule has 6 nitrogen and oxygen atoms in total. The van der Waals surface area contributed by atoms with E-state index in [1.54, 1.807) is 0 Å². The Morgan fingerprint density at radius 1 is 1.15 bits per heavy atom. The smallest absolute Gasteiger partial charge is 0.409 e. The first-order valence-electron chi connectivity index (χ1n) is 10.5. The van der Waals surface area contributed by atoms with E-state index in [-0.39, 0.29) is 6.09 Å². The first-order valence-corrected chi connectivity index (χ1v) is 10.5. The first-order chi connectivity index (χ1) is 12.6. The lowest BCUT2D eigenvalue weighted by atomic mass is 9.64. The van der Waals surface area contributed by atoms with Gasteiger partial charge >= 0.3 is 6.09 Å². The molecule has 0 N–H and O–H groups in total. The number of piperidine rings is 1. The number of hydrogen-bond acceptors (Lipinski definition) is 4. The molecule has 1 spiro atoms. The number of likely N-dealkylation sites (tertiary alicyclic amines) is 3. The molecule has 3 aliphatic heterocycles. The van der Waals surface area contributed by atoms with Crippen molar-refractivity contribution in [3.8, 4) is 0 Å². The van der Waals surface area contributed by atoms with E-state index in [4.69, 9.17) is 4.74 Å². The Balaban J connectivity index is 1.22. The Labute approximate surface area is 156 Å². The van der Waals surface area contributed by atoms with Crippen molar-refractivity contribution in [2.45, 2.75) is 64.0 Å². The van der Waals surface area contributed by atoms with Gasteiger partial charge in [0.2, 0.25) is 6.41 Å². The minimum Gasteiger partial charge on any atom is -0.450 e. The zero-order chi connectivity index (χ0) is 18.1. The third-order valence-electron chi connectivity index (χ3n) is 7.41. The van der Waals surface area contributed by atoms with Gasteiger partial charge in [0.05, 0.1) is 6.61 Å². The van der Waals surface area contributed by atoms with Crippen molar-refractivity contribution < 1.29 is 14.3 Å². The molecule has 4 aliphatic rings. The molecule has 26 heavy (non-hydrogen) atoms. The topological polar surface area (TPSA) is 53.1 Å². The molecular formula is C20H33N3O3. The highest BCUT2D eigenvalue weighted by molar-refractivity contribution is 5.68. The Kier molecular flexibility index (Phi) is 5.13. The van der Waals surface area contributed by atoms with E-state index in [0.717, 1.165) is 32.5 Å². The largest absolute Gasteiger partial charge is 0.450 e. The van der Waals surface area contributed by atoms with Crippen molar-refractivity contribution in [1.29, 1.82) is 0 Å². The second kappa shape index (κ2) is 7.37. The van der Waals surface area contributed by atoms with Crippen LogP contribution in [0.5, 0.6) is 0 Å². The fraction of sp³-hybridized carbons (Fsp3) is 0.900. The summed E-state index contributed by atoms with van der Waals surface area (Å²) in [6.45, 7) is 7.38. The zero-order valence-corrected chi connectivity index (χ0v) is 16.1. The molecular weight excluding hydrogens is 330 g/mol. The highest BCUT2D eigenvalue weighted by Gasteiger charge is 2.51. The highest BCUT2D eigenvalue weighted by atomic mass is 16.6. The van der Waals surface area contributed by atoms with Gasteiger partial charge in [-0.2, -0.15) is 0 Å². The van der Waals surface area contributed by atoms with E-state index < -0.39 is 0 Å². The van der Waals surface area contributed by atoms with Gasteiger partial charge in [-0.05, 0) is 76.3 Å². The fourth-order valence-electron chi connectivity index (χ4n) is 5.96. The van der Waals surface area contributed by atoms with Crippen LogP contribution in [-0.4, -0.2) is 78.6 Å². The van der Waals surface area contributed by atoms with Crippen molar-refractivity contribution in [1.82, 2.24) is 14.7 Å². The lowest BCUT2D eigenvalue weighted by Crippen LogP contribution is -2.55. The van der Waals surface area contributed by atoms with Crippen LogP contribution in [0.3, 0.4) is 0 Å². The van der Waals surface area contributed by atoms with Gasteiger partial charge < -0.3 is 19.4 Å². The molecule has 6 heteroatoms. The first kappa shape index (κ1) is 18.1. The van der Waals surface area contributed by atoms with E-state index in [1.165, 1.54) is 51.6 Å². The number of ether oxygens (including phenoxy) is 1. The molecule has 0 aromatic heterocycles. The van der Waals surface area contributed by atoms with Gasteiger partial charge in [-0.3, -0.25) is 4.79 Å². The molecule has 1 unspecified atom stereocenters. The number of rotatable bonds is 4. The van der Waals surface area contributed by atoms with E-state index in [1.807, 2.05) is 16.7 Å². The molecule has 3 heterocycles. The van der Waals surface area contributed by atoms with Crippen LogP contribution in [0.15, 0.2) is 0 Å². The lowest BCUT2D eigenvalue weighted by Gasteiger charge is -2.52. The van der Waals surface area contributed by atoms with Crippen molar-refractivity contribution in [2.75, 3.05) is 39.3 Å². The summed E-state index contributed by atoms with van der Waals surface area (Å²) in [6, 6.07) is 1.19. The summed E-state index contributed by atoms with van der Waals surface area (Å²) >= 11 is 0. The zero-order valence-electron chi connectivity index (χ0n) is 16.1. The molecule has 0 aromatic carbocycles. The standard InChI is InChI=1S/C20H33N3O3/c1-2-26-19(25)22-11-7-20(14-22)12-17(13-20)21-9-5-16(6-10-21)18-4-3-8-23(18)15-24/h15-18H,2-14H2,1H3. The highest BCUT2D eigenvalue weighted by Crippen LogP contribution is 2.50. The maximum Gasteiger partial charge on any atom is 0.409 e. The van der Waals surface area contributed by atoms with Crippen LogP contribution in [0.4, 0.5) is 4.79 Å². The van der Waals surface area contributed by atoms with Crippen molar-refractivity contribution in [3.05, 3.63) is 0 Å². The average Bonchev–Trinajstić information content (AvgIpc) is 3.28. The van der Waals surface area contributed by atoms with Crippen molar-refractivity contribution in [3.63, 3.8) is 0 Å². The predicted octanol–water partition coefficient (Wildman–Crippen LogP) is 2.33. The van der Waals surface area contributed by atoms with Gasteiger partial charge in [0, 0.05) is 31.7 Å². The molecule has 0 aromatic rings. The van der Waals surface area contributed by atoms with Crippen LogP contribution < -0.4 is 0 Å². The van der Waals surface area contributed by atoms with E-state index >= 15 is 0 Å². The van der Waals surface area contributed by atoms with Crippen LogP contribution >= 0.6 is 0 Å². The monoisotopic (exact) mass is 363 g/mol. The average molecular weight is 364 g/mol. The molecule has 2 amide bonds. The van der Waals surface area contributed by atoms with E-state index in [0.29, 0.717) is 30.0 Å². The summed E-state index contributed by atoms with van der Waals surface area (Å²) < 4.78 is 5.16. The van der Waals surface area contributed by atoms with Crippen LogP contribution in [-0.2, 0) is 9.53 Å². The Morgan fingerprint density at radius 2 is 1.92 bits per heavy atom. The predicted molar refractivity (Wildman–Crippen MR) is 98.8 cm³/mol. The Morgan fingerprint density at radius 3 is 2.62 bits per heavy atom. The van der Waals surface area contributed by atoms with Gasteiger partial charge in [-0.1, -0.05) is 0 Å². The lowest BCUT2D eigenvalue weighted by molar-refractivity contribution is -0.120. The third-order valence-corrected chi connectivity index (χ3v) is 7.41. The van der Waals surface area contributed by atoms with Gasteiger partial charge in [0.25, 0.3) is 0 Å².